The van der Waals surface area contributed by atoms with E-state index in [1.165, 1.54) is 0 Å². The SMILES string of the molecule is CC(C)OC(=O)CCCC=O. The molecule has 0 aliphatic heterocycles. The Morgan fingerprint density at radius 1 is 1.55 bits per heavy atom. The smallest absolute Gasteiger partial charge is 0.306 e. The Morgan fingerprint density at radius 2 is 2.18 bits per heavy atom. The van der Waals surface area contributed by atoms with E-state index in [1.54, 1.807) is 13.8 Å². The van der Waals surface area contributed by atoms with E-state index >= 15 is 0 Å². The third kappa shape index (κ3) is 7.03. The standard InChI is InChI=1S/C8H14O3/c1-7(2)11-8(10)5-3-4-6-9/h6-7H,3-5H2,1-2H3. The number of carbonyl (C=O) groups is 2. The third-order valence-electron chi connectivity index (χ3n) is 1.07. The van der Waals surface area contributed by atoms with Crippen LogP contribution in [0.1, 0.15) is 33.1 Å². The van der Waals surface area contributed by atoms with Gasteiger partial charge >= 0.3 is 5.97 Å². The maximum Gasteiger partial charge on any atom is 0.306 e. The van der Waals surface area contributed by atoms with Crippen LogP contribution in [0.4, 0.5) is 0 Å². The van der Waals surface area contributed by atoms with E-state index in [0.717, 1.165) is 6.29 Å². The highest BCUT2D eigenvalue weighted by molar-refractivity contribution is 5.69. The molecule has 0 spiro atoms. The van der Waals surface area contributed by atoms with Crippen LogP contribution in [-0.4, -0.2) is 18.4 Å². The van der Waals surface area contributed by atoms with Crippen molar-refractivity contribution in [2.24, 2.45) is 0 Å². The molecule has 0 amide bonds. The topological polar surface area (TPSA) is 43.4 Å². The average Bonchev–Trinajstić information content (AvgIpc) is 1.86. The van der Waals surface area contributed by atoms with Crippen LogP contribution in [-0.2, 0) is 14.3 Å². The molecule has 0 aromatic heterocycles. The summed E-state index contributed by atoms with van der Waals surface area (Å²) in [7, 11) is 0. The van der Waals surface area contributed by atoms with Crippen LogP contribution in [0.3, 0.4) is 0 Å². The van der Waals surface area contributed by atoms with Gasteiger partial charge in [-0.05, 0) is 20.3 Å². The van der Waals surface area contributed by atoms with Crippen molar-refractivity contribution in [2.75, 3.05) is 0 Å². The van der Waals surface area contributed by atoms with Crippen molar-refractivity contribution in [3.05, 3.63) is 0 Å². The molecule has 0 aromatic carbocycles. The molecule has 11 heavy (non-hydrogen) atoms. The summed E-state index contributed by atoms with van der Waals surface area (Å²) < 4.78 is 4.84. The van der Waals surface area contributed by atoms with Gasteiger partial charge in [0.15, 0.2) is 0 Å². The molecule has 0 aliphatic rings. The lowest BCUT2D eigenvalue weighted by Gasteiger charge is -2.06. The molecule has 0 atom stereocenters. The van der Waals surface area contributed by atoms with Crippen molar-refractivity contribution in [1.29, 1.82) is 0 Å². The van der Waals surface area contributed by atoms with Crippen molar-refractivity contribution in [1.82, 2.24) is 0 Å². The van der Waals surface area contributed by atoms with E-state index < -0.39 is 0 Å². The molecule has 0 aromatic rings. The number of unbranched alkanes of at least 4 members (excludes halogenated alkanes) is 1. The quantitative estimate of drug-likeness (QED) is 0.344. The first-order chi connectivity index (χ1) is 5.16. The van der Waals surface area contributed by atoms with Gasteiger partial charge in [-0.25, -0.2) is 0 Å². The molecule has 0 bridgehead atoms. The van der Waals surface area contributed by atoms with Gasteiger partial charge in [-0.15, -0.1) is 0 Å². The van der Waals surface area contributed by atoms with Crippen LogP contribution in [0.15, 0.2) is 0 Å². The van der Waals surface area contributed by atoms with Crippen LogP contribution >= 0.6 is 0 Å². The van der Waals surface area contributed by atoms with Crippen molar-refractivity contribution in [2.45, 2.75) is 39.2 Å². The number of esters is 1. The summed E-state index contributed by atoms with van der Waals surface area (Å²) in [4.78, 5) is 20.6. The minimum absolute atomic E-state index is 0.0567. The van der Waals surface area contributed by atoms with Crippen molar-refractivity contribution in [3.63, 3.8) is 0 Å². The van der Waals surface area contributed by atoms with Gasteiger partial charge in [-0.3, -0.25) is 4.79 Å². The lowest BCUT2D eigenvalue weighted by Crippen LogP contribution is -2.10. The predicted molar refractivity (Wildman–Crippen MR) is 41.1 cm³/mol. The fourth-order valence-corrected chi connectivity index (χ4v) is 0.652. The maximum atomic E-state index is 10.8. The van der Waals surface area contributed by atoms with Crippen molar-refractivity contribution >= 4 is 12.3 Å². The number of carbonyl (C=O) groups excluding carboxylic acids is 2. The van der Waals surface area contributed by atoms with E-state index in [1.807, 2.05) is 0 Å². The normalized spacial score (nSPS) is 9.73. The van der Waals surface area contributed by atoms with Crippen LogP contribution in [0.2, 0.25) is 0 Å². The first-order valence-electron chi connectivity index (χ1n) is 3.80. The monoisotopic (exact) mass is 158 g/mol. The highest BCUT2D eigenvalue weighted by Gasteiger charge is 2.03. The first kappa shape index (κ1) is 10.1. The molecule has 64 valence electrons. The minimum Gasteiger partial charge on any atom is -0.463 e. The fourth-order valence-electron chi connectivity index (χ4n) is 0.652. The second-order valence-corrected chi connectivity index (χ2v) is 2.60. The molecule has 0 fully saturated rings. The van der Waals surface area contributed by atoms with Gasteiger partial charge < -0.3 is 9.53 Å². The summed E-state index contributed by atoms with van der Waals surface area (Å²) in [5.41, 5.74) is 0. The van der Waals surface area contributed by atoms with Gasteiger partial charge in [0.2, 0.25) is 0 Å². The lowest BCUT2D eigenvalue weighted by atomic mass is 10.2. The Balaban J connectivity index is 3.30. The summed E-state index contributed by atoms with van der Waals surface area (Å²) in [6.45, 7) is 3.61. The second kappa shape index (κ2) is 5.89. The summed E-state index contributed by atoms with van der Waals surface area (Å²) in [6.07, 6.45) is 2.13. The Morgan fingerprint density at radius 3 is 2.64 bits per heavy atom. The predicted octanol–water partition coefficient (Wildman–Crippen LogP) is 1.31. The molecule has 0 saturated carbocycles. The van der Waals surface area contributed by atoms with E-state index in [2.05, 4.69) is 0 Å². The zero-order valence-corrected chi connectivity index (χ0v) is 7.00. The Hall–Kier alpha value is -0.860. The average molecular weight is 158 g/mol. The highest BCUT2D eigenvalue weighted by Crippen LogP contribution is 1.98. The van der Waals surface area contributed by atoms with Gasteiger partial charge in [-0.2, -0.15) is 0 Å². The van der Waals surface area contributed by atoms with Crippen molar-refractivity contribution in [3.8, 4) is 0 Å². The number of aldehydes is 1. The molecule has 0 rings (SSSR count). The van der Waals surface area contributed by atoms with E-state index in [0.29, 0.717) is 19.3 Å². The molecule has 0 N–H and O–H groups in total. The molecule has 3 nitrogen and oxygen atoms in total. The summed E-state index contributed by atoms with van der Waals surface area (Å²) in [6, 6.07) is 0. The molecule has 3 heteroatoms. The second-order valence-electron chi connectivity index (χ2n) is 2.60. The van der Waals surface area contributed by atoms with E-state index in [4.69, 9.17) is 4.74 Å². The number of ether oxygens (including phenoxy) is 1. The van der Waals surface area contributed by atoms with Crippen molar-refractivity contribution < 1.29 is 14.3 Å². The van der Waals surface area contributed by atoms with Crippen LogP contribution in [0.5, 0.6) is 0 Å². The van der Waals surface area contributed by atoms with Gasteiger partial charge in [0.1, 0.15) is 6.29 Å². The molecule has 0 unspecified atom stereocenters. The third-order valence-corrected chi connectivity index (χ3v) is 1.07. The molecular weight excluding hydrogens is 144 g/mol. The molecular formula is C8H14O3. The minimum atomic E-state index is -0.221. The Labute approximate surface area is 66.7 Å². The van der Waals surface area contributed by atoms with Crippen LogP contribution in [0.25, 0.3) is 0 Å². The largest absolute Gasteiger partial charge is 0.463 e. The summed E-state index contributed by atoms with van der Waals surface area (Å²) >= 11 is 0. The molecule has 0 aliphatic carbocycles. The summed E-state index contributed by atoms with van der Waals surface area (Å²) in [5.74, 6) is -0.221. The summed E-state index contributed by atoms with van der Waals surface area (Å²) in [5, 5.41) is 0. The maximum absolute atomic E-state index is 10.8. The Bertz CT molecular complexity index is 129. The van der Waals surface area contributed by atoms with E-state index in [9.17, 15) is 9.59 Å². The first-order valence-corrected chi connectivity index (χ1v) is 3.80. The highest BCUT2D eigenvalue weighted by atomic mass is 16.5. The Kier molecular flexibility index (Phi) is 5.43. The van der Waals surface area contributed by atoms with Gasteiger partial charge in [0.05, 0.1) is 6.10 Å². The van der Waals surface area contributed by atoms with Crippen LogP contribution < -0.4 is 0 Å². The number of hydrogen-bond donors (Lipinski definition) is 0. The molecule has 0 heterocycles. The zero-order chi connectivity index (χ0) is 8.69. The fraction of sp³-hybridized carbons (Fsp3) is 0.750. The van der Waals surface area contributed by atoms with Crippen LogP contribution in [0, 0.1) is 0 Å². The lowest BCUT2D eigenvalue weighted by molar-refractivity contribution is -0.147. The zero-order valence-electron chi connectivity index (χ0n) is 7.00. The molecule has 0 radical (unpaired) electrons. The molecule has 0 saturated heterocycles. The van der Waals surface area contributed by atoms with Gasteiger partial charge in [-0.1, -0.05) is 0 Å². The van der Waals surface area contributed by atoms with Gasteiger partial charge in [0, 0.05) is 12.8 Å². The van der Waals surface area contributed by atoms with Gasteiger partial charge in [0.25, 0.3) is 0 Å². The number of rotatable bonds is 5. The van der Waals surface area contributed by atoms with E-state index in [-0.39, 0.29) is 12.1 Å². The number of hydrogen-bond acceptors (Lipinski definition) is 3.